The number of carbonyl (C=O) groups excluding carboxylic acids is 1. The molecule has 5 heteroatoms. The van der Waals surface area contributed by atoms with Crippen molar-refractivity contribution in [1.29, 1.82) is 0 Å². The molecule has 5 nitrogen and oxygen atoms in total. The van der Waals surface area contributed by atoms with E-state index in [1.54, 1.807) is 7.11 Å². The fourth-order valence-electron chi connectivity index (χ4n) is 6.41. The zero-order valence-electron chi connectivity index (χ0n) is 19.1. The first-order valence-corrected chi connectivity index (χ1v) is 12.0. The minimum atomic E-state index is -0.191. The lowest BCUT2D eigenvalue weighted by Crippen LogP contribution is -2.54. The molecule has 0 saturated heterocycles. The third kappa shape index (κ3) is 4.63. The zero-order valence-corrected chi connectivity index (χ0v) is 19.1. The van der Waals surface area contributed by atoms with E-state index < -0.39 is 0 Å². The predicted octanol–water partition coefficient (Wildman–Crippen LogP) is 4.94. The van der Waals surface area contributed by atoms with Crippen molar-refractivity contribution < 1.29 is 14.3 Å². The highest BCUT2D eigenvalue weighted by Gasteiger charge is 2.47. The quantitative estimate of drug-likeness (QED) is 0.618. The molecule has 6 rings (SSSR count). The van der Waals surface area contributed by atoms with Gasteiger partial charge in [-0.3, -0.25) is 4.79 Å². The molecule has 4 bridgehead atoms. The van der Waals surface area contributed by atoms with Crippen LogP contribution in [-0.2, 0) is 11.3 Å². The van der Waals surface area contributed by atoms with Gasteiger partial charge in [-0.25, -0.2) is 0 Å². The van der Waals surface area contributed by atoms with Gasteiger partial charge in [-0.2, -0.15) is 0 Å². The Morgan fingerprint density at radius 2 is 1.62 bits per heavy atom. The summed E-state index contributed by atoms with van der Waals surface area (Å²) in [6, 6.07) is 14.4. The number of rotatable bonds is 8. The SMILES string of the molecule is COc1cc(CNC2C3CC4CC(C3)CC2C4)ccc1OCC(=O)Nc1ccc(C)cc1. The molecule has 0 heterocycles. The zero-order chi connectivity index (χ0) is 22.1. The first-order valence-electron chi connectivity index (χ1n) is 12.0. The van der Waals surface area contributed by atoms with Crippen molar-refractivity contribution in [2.24, 2.45) is 23.7 Å². The molecule has 0 unspecified atom stereocenters. The second-order valence-electron chi connectivity index (χ2n) is 10.0. The van der Waals surface area contributed by atoms with Crippen molar-refractivity contribution in [2.45, 2.75) is 51.6 Å². The van der Waals surface area contributed by atoms with E-state index in [1.807, 2.05) is 43.3 Å². The predicted molar refractivity (Wildman–Crippen MR) is 126 cm³/mol. The number of aryl methyl sites for hydroxylation is 1. The van der Waals surface area contributed by atoms with Crippen LogP contribution in [0.3, 0.4) is 0 Å². The third-order valence-corrected chi connectivity index (χ3v) is 7.69. The summed E-state index contributed by atoms with van der Waals surface area (Å²) < 4.78 is 11.3. The number of ether oxygens (including phenoxy) is 2. The molecule has 0 aromatic heterocycles. The van der Waals surface area contributed by atoms with Gasteiger partial charge in [0.15, 0.2) is 18.1 Å². The molecule has 2 aromatic carbocycles. The number of hydrogen-bond donors (Lipinski definition) is 2. The Morgan fingerprint density at radius 3 is 2.28 bits per heavy atom. The van der Waals surface area contributed by atoms with Crippen LogP contribution in [0.1, 0.15) is 43.2 Å². The Hall–Kier alpha value is -2.53. The van der Waals surface area contributed by atoms with E-state index in [9.17, 15) is 4.79 Å². The van der Waals surface area contributed by atoms with E-state index in [4.69, 9.17) is 9.47 Å². The summed E-state index contributed by atoms with van der Waals surface area (Å²) in [6.45, 7) is 2.80. The molecule has 0 atom stereocenters. The molecule has 0 aliphatic heterocycles. The molecule has 170 valence electrons. The number of hydrogen-bond acceptors (Lipinski definition) is 4. The maximum absolute atomic E-state index is 12.2. The van der Waals surface area contributed by atoms with Gasteiger partial charge in [-0.15, -0.1) is 0 Å². The lowest BCUT2D eigenvalue weighted by molar-refractivity contribution is -0.118. The van der Waals surface area contributed by atoms with E-state index in [-0.39, 0.29) is 12.5 Å². The van der Waals surface area contributed by atoms with Crippen LogP contribution in [0.2, 0.25) is 0 Å². The molecule has 0 spiro atoms. The summed E-state index contributed by atoms with van der Waals surface area (Å²) in [7, 11) is 1.64. The maximum atomic E-state index is 12.2. The van der Waals surface area contributed by atoms with Crippen LogP contribution in [0.25, 0.3) is 0 Å². The maximum Gasteiger partial charge on any atom is 0.262 e. The highest BCUT2D eigenvalue weighted by molar-refractivity contribution is 5.91. The largest absolute Gasteiger partial charge is 0.493 e. The molecule has 4 fully saturated rings. The van der Waals surface area contributed by atoms with Crippen molar-refractivity contribution in [1.82, 2.24) is 5.32 Å². The van der Waals surface area contributed by atoms with E-state index in [0.717, 1.165) is 41.5 Å². The van der Waals surface area contributed by atoms with Crippen LogP contribution >= 0.6 is 0 Å². The summed E-state index contributed by atoms with van der Waals surface area (Å²) in [4.78, 5) is 12.2. The van der Waals surface area contributed by atoms with Crippen LogP contribution in [0.5, 0.6) is 11.5 Å². The van der Waals surface area contributed by atoms with E-state index in [0.29, 0.717) is 17.5 Å². The van der Waals surface area contributed by atoms with E-state index in [1.165, 1.54) is 37.7 Å². The monoisotopic (exact) mass is 434 g/mol. The average molecular weight is 435 g/mol. The second-order valence-corrected chi connectivity index (χ2v) is 10.0. The molecule has 1 amide bonds. The van der Waals surface area contributed by atoms with Crippen LogP contribution in [-0.4, -0.2) is 25.7 Å². The topological polar surface area (TPSA) is 59.6 Å². The third-order valence-electron chi connectivity index (χ3n) is 7.69. The number of carbonyl (C=O) groups is 1. The van der Waals surface area contributed by atoms with Crippen LogP contribution < -0.4 is 20.1 Å². The van der Waals surface area contributed by atoms with Crippen molar-refractivity contribution >= 4 is 11.6 Å². The smallest absolute Gasteiger partial charge is 0.262 e. The first-order chi connectivity index (χ1) is 15.6. The molecule has 4 aliphatic carbocycles. The standard InChI is InChI=1S/C27H34N2O3/c1-17-3-6-23(7-4-17)29-26(30)16-32-24-8-5-18(14-25(24)31-2)15-28-27-21-10-19-9-20(12-21)13-22(27)11-19/h3-8,14,19-22,27-28H,9-13,15-16H2,1-2H3,(H,29,30). The summed E-state index contributed by atoms with van der Waals surface area (Å²) >= 11 is 0. The molecule has 2 N–H and O–H groups in total. The van der Waals surface area contributed by atoms with Crippen LogP contribution in [0.15, 0.2) is 42.5 Å². The fraction of sp³-hybridized carbons (Fsp3) is 0.519. The summed E-state index contributed by atoms with van der Waals surface area (Å²) in [5.41, 5.74) is 3.11. The van der Waals surface area contributed by atoms with Gasteiger partial charge in [0.2, 0.25) is 0 Å². The molecule has 2 aromatic rings. The average Bonchev–Trinajstić information content (AvgIpc) is 2.78. The molecule has 32 heavy (non-hydrogen) atoms. The Labute approximate surface area is 190 Å². The Bertz CT molecular complexity index is 928. The van der Waals surface area contributed by atoms with Crippen molar-refractivity contribution in [3.63, 3.8) is 0 Å². The van der Waals surface area contributed by atoms with Gasteiger partial charge in [0, 0.05) is 18.3 Å². The molecule has 4 aliphatic rings. The van der Waals surface area contributed by atoms with Gasteiger partial charge < -0.3 is 20.1 Å². The van der Waals surface area contributed by atoms with Crippen LogP contribution in [0, 0.1) is 30.6 Å². The highest BCUT2D eigenvalue weighted by atomic mass is 16.5. The molecule has 4 saturated carbocycles. The van der Waals surface area contributed by atoms with Crippen molar-refractivity contribution in [3.8, 4) is 11.5 Å². The van der Waals surface area contributed by atoms with E-state index in [2.05, 4.69) is 16.7 Å². The normalized spacial score (nSPS) is 27.9. The Balaban J connectivity index is 1.15. The number of amides is 1. The van der Waals surface area contributed by atoms with Gasteiger partial charge in [0.1, 0.15) is 0 Å². The molecular weight excluding hydrogens is 400 g/mol. The lowest BCUT2D eigenvalue weighted by atomic mass is 9.54. The van der Waals surface area contributed by atoms with Crippen molar-refractivity contribution in [2.75, 3.05) is 19.0 Å². The lowest BCUT2D eigenvalue weighted by Gasteiger charge is -2.54. The minimum absolute atomic E-state index is 0.0599. The highest BCUT2D eigenvalue weighted by Crippen LogP contribution is 2.53. The summed E-state index contributed by atoms with van der Waals surface area (Å²) in [5, 5.41) is 6.73. The first kappa shape index (κ1) is 21.3. The fourth-order valence-corrected chi connectivity index (χ4v) is 6.41. The van der Waals surface area contributed by atoms with Gasteiger partial charge >= 0.3 is 0 Å². The molecule has 0 radical (unpaired) electrons. The number of benzene rings is 2. The Morgan fingerprint density at radius 1 is 0.938 bits per heavy atom. The number of nitrogens with one attached hydrogen (secondary N) is 2. The van der Waals surface area contributed by atoms with Gasteiger partial charge in [-0.05, 0) is 92.5 Å². The number of methoxy groups -OCH3 is 1. The van der Waals surface area contributed by atoms with E-state index >= 15 is 0 Å². The number of anilines is 1. The van der Waals surface area contributed by atoms with Gasteiger partial charge in [0.05, 0.1) is 7.11 Å². The Kier molecular flexibility index (Phi) is 6.09. The summed E-state index contributed by atoms with van der Waals surface area (Å²) in [5.74, 6) is 4.78. The molecular formula is C27H34N2O3. The second kappa shape index (κ2) is 9.14. The minimum Gasteiger partial charge on any atom is -0.493 e. The summed E-state index contributed by atoms with van der Waals surface area (Å²) in [6.07, 6.45) is 7.18. The van der Waals surface area contributed by atoms with Crippen LogP contribution in [0.4, 0.5) is 5.69 Å². The van der Waals surface area contributed by atoms with Gasteiger partial charge in [-0.1, -0.05) is 23.8 Å². The van der Waals surface area contributed by atoms with Crippen molar-refractivity contribution in [3.05, 3.63) is 53.6 Å². The van der Waals surface area contributed by atoms with Gasteiger partial charge in [0.25, 0.3) is 5.91 Å².